The molecule has 4 aliphatic rings. The molecular formula is C25H42O5. The highest BCUT2D eigenvalue weighted by Crippen LogP contribution is 2.68. The standard InChI is InChI=1S/C25H42O5/c1-14(5-4-6-22(29)30)17-7-8-18-23-19(13-21(28)25(17,18)3)24(2)10-9-16(26)11-15(24)12-20(23)27/h14-21,23,26-28H,4-13H2,1-3H3,(H,29,30). The van der Waals surface area contributed by atoms with Crippen molar-refractivity contribution in [3.8, 4) is 0 Å². The number of carbonyl (C=O) groups is 1. The Morgan fingerprint density at radius 3 is 2.47 bits per heavy atom. The van der Waals surface area contributed by atoms with E-state index in [1.165, 1.54) is 0 Å². The van der Waals surface area contributed by atoms with Gasteiger partial charge in [-0.3, -0.25) is 4.79 Å². The second-order valence-electron chi connectivity index (χ2n) is 11.8. The van der Waals surface area contributed by atoms with Crippen LogP contribution in [0, 0.1) is 46.3 Å². The summed E-state index contributed by atoms with van der Waals surface area (Å²) in [5.74, 6) is 1.29. The van der Waals surface area contributed by atoms with E-state index in [-0.39, 0.29) is 41.5 Å². The molecule has 4 fully saturated rings. The van der Waals surface area contributed by atoms with E-state index in [0.717, 1.165) is 51.4 Å². The number of hydrogen-bond donors (Lipinski definition) is 4. The van der Waals surface area contributed by atoms with Crippen LogP contribution in [0.25, 0.3) is 0 Å². The summed E-state index contributed by atoms with van der Waals surface area (Å²) in [5, 5.41) is 42.0. The molecule has 5 heteroatoms. The fraction of sp³-hybridized carbons (Fsp3) is 0.960. The van der Waals surface area contributed by atoms with Crippen LogP contribution in [0.3, 0.4) is 0 Å². The predicted octanol–water partition coefficient (Wildman–Crippen LogP) is 3.84. The van der Waals surface area contributed by atoms with Crippen molar-refractivity contribution in [1.29, 1.82) is 0 Å². The third-order valence-corrected chi connectivity index (χ3v) is 10.6. The van der Waals surface area contributed by atoms with Crippen LogP contribution in [0.15, 0.2) is 0 Å². The maximum Gasteiger partial charge on any atom is 0.303 e. The molecule has 5 nitrogen and oxygen atoms in total. The number of aliphatic hydroxyl groups excluding tert-OH is 3. The lowest BCUT2D eigenvalue weighted by Crippen LogP contribution is -2.62. The van der Waals surface area contributed by atoms with Gasteiger partial charge in [0.05, 0.1) is 18.3 Å². The molecule has 0 heterocycles. The number of carboxylic acids is 1. The Hall–Kier alpha value is -0.650. The minimum absolute atomic E-state index is 0.108. The predicted molar refractivity (Wildman–Crippen MR) is 115 cm³/mol. The summed E-state index contributed by atoms with van der Waals surface area (Å²) in [6, 6.07) is 0. The molecule has 0 aromatic rings. The van der Waals surface area contributed by atoms with Crippen molar-refractivity contribution in [1.82, 2.24) is 0 Å². The molecule has 0 saturated heterocycles. The molecule has 11 unspecified atom stereocenters. The third-order valence-electron chi connectivity index (χ3n) is 10.6. The fourth-order valence-electron chi connectivity index (χ4n) is 8.91. The number of aliphatic carboxylic acids is 1. The molecule has 4 N–H and O–H groups in total. The molecule has 172 valence electrons. The van der Waals surface area contributed by atoms with Crippen LogP contribution in [0.4, 0.5) is 0 Å². The summed E-state index contributed by atoms with van der Waals surface area (Å²) < 4.78 is 0. The molecule has 0 aromatic carbocycles. The smallest absolute Gasteiger partial charge is 0.303 e. The van der Waals surface area contributed by atoms with Gasteiger partial charge >= 0.3 is 5.97 Å². The maximum atomic E-state index is 11.5. The van der Waals surface area contributed by atoms with E-state index in [4.69, 9.17) is 5.11 Å². The number of fused-ring (bicyclic) bond motifs is 5. The van der Waals surface area contributed by atoms with Crippen molar-refractivity contribution < 1.29 is 25.2 Å². The summed E-state index contributed by atoms with van der Waals surface area (Å²) in [6.07, 6.45) is 7.16. The van der Waals surface area contributed by atoms with Crippen LogP contribution in [-0.4, -0.2) is 44.7 Å². The Labute approximate surface area is 181 Å². The second kappa shape index (κ2) is 8.04. The number of rotatable bonds is 5. The van der Waals surface area contributed by atoms with Crippen molar-refractivity contribution in [2.24, 2.45) is 46.3 Å². The summed E-state index contributed by atoms with van der Waals surface area (Å²) in [7, 11) is 0. The van der Waals surface area contributed by atoms with E-state index in [1.54, 1.807) is 0 Å². The Morgan fingerprint density at radius 1 is 1.03 bits per heavy atom. The molecular weight excluding hydrogens is 380 g/mol. The lowest BCUT2D eigenvalue weighted by molar-refractivity contribution is -0.207. The van der Waals surface area contributed by atoms with Gasteiger partial charge in [-0.25, -0.2) is 0 Å². The van der Waals surface area contributed by atoms with Crippen LogP contribution in [0.1, 0.15) is 85.0 Å². The molecule has 0 aromatic heterocycles. The Balaban J connectivity index is 1.56. The van der Waals surface area contributed by atoms with Gasteiger partial charge in [0.2, 0.25) is 0 Å². The lowest BCUT2D eigenvalue weighted by atomic mass is 9.43. The molecule has 4 saturated carbocycles. The highest BCUT2D eigenvalue weighted by Gasteiger charge is 2.65. The van der Waals surface area contributed by atoms with Crippen molar-refractivity contribution in [3.63, 3.8) is 0 Å². The van der Waals surface area contributed by atoms with Gasteiger partial charge in [-0.1, -0.05) is 20.8 Å². The summed E-state index contributed by atoms with van der Waals surface area (Å²) in [5.41, 5.74) is -0.0845. The zero-order chi connectivity index (χ0) is 21.8. The Morgan fingerprint density at radius 2 is 1.77 bits per heavy atom. The zero-order valence-electron chi connectivity index (χ0n) is 19.0. The topological polar surface area (TPSA) is 98.0 Å². The quantitative estimate of drug-likeness (QED) is 0.540. The fourth-order valence-corrected chi connectivity index (χ4v) is 8.91. The molecule has 0 spiro atoms. The van der Waals surface area contributed by atoms with Crippen LogP contribution in [-0.2, 0) is 4.79 Å². The van der Waals surface area contributed by atoms with Gasteiger partial charge in [0.15, 0.2) is 0 Å². The SMILES string of the molecule is CC(CCCC(=O)O)C1CCC2C3C(O)CC4CC(O)CCC4(C)C3CC(O)C12C. The van der Waals surface area contributed by atoms with Gasteiger partial charge in [0, 0.05) is 6.42 Å². The van der Waals surface area contributed by atoms with Crippen molar-refractivity contribution in [2.75, 3.05) is 0 Å². The number of hydrogen-bond acceptors (Lipinski definition) is 4. The first-order valence-corrected chi connectivity index (χ1v) is 12.3. The van der Waals surface area contributed by atoms with Gasteiger partial charge in [0.25, 0.3) is 0 Å². The molecule has 30 heavy (non-hydrogen) atoms. The van der Waals surface area contributed by atoms with E-state index >= 15 is 0 Å². The molecule has 4 aliphatic carbocycles. The normalized spacial score (nSPS) is 51.5. The first kappa shape index (κ1) is 22.5. The Kier molecular flexibility index (Phi) is 6.04. The van der Waals surface area contributed by atoms with E-state index < -0.39 is 5.97 Å². The van der Waals surface area contributed by atoms with Gasteiger partial charge in [-0.15, -0.1) is 0 Å². The van der Waals surface area contributed by atoms with Crippen molar-refractivity contribution in [2.45, 2.75) is 103 Å². The number of aliphatic hydroxyl groups is 3. The summed E-state index contributed by atoms with van der Waals surface area (Å²) >= 11 is 0. The minimum Gasteiger partial charge on any atom is -0.481 e. The highest BCUT2D eigenvalue weighted by atomic mass is 16.4. The molecule has 11 atom stereocenters. The van der Waals surface area contributed by atoms with Crippen molar-refractivity contribution in [3.05, 3.63) is 0 Å². The lowest BCUT2D eigenvalue weighted by Gasteiger charge is -2.63. The third kappa shape index (κ3) is 3.44. The first-order valence-electron chi connectivity index (χ1n) is 12.3. The average molecular weight is 423 g/mol. The van der Waals surface area contributed by atoms with Crippen LogP contribution < -0.4 is 0 Å². The van der Waals surface area contributed by atoms with Crippen LogP contribution in [0.5, 0.6) is 0 Å². The van der Waals surface area contributed by atoms with Gasteiger partial charge in [-0.05, 0) is 104 Å². The number of carboxylic acid groups (broad SMARTS) is 1. The van der Waals surface area contributed by atoms with E-state index in [1.807, 2.05) is 0 Å². The monoisotopic (exact) mass is 422 g/mol. The highest BCUT2D eigenvalue weighted by molar-refractivity contribution is 5.66. The van der Waals surface area contributed by atoms with E-state index in [2.05, 4.69) is 20.8 Å². The molecule has 0 amide bonds. The maximum absolute atomic E-state index is 11.5. The minimum atomic E-state index is -0.732. The van der Waals surface area contributed by atoms with Gasteiger partial charge in [-0.2, -0.15) is 0 Å². The van der Waals surface area contributed by atoms with Gasteiger partial charge in [0.1, 0.15) is 0 Å². The molecule has 0 aliphatic heterocycles. The molecule has 4 rings (SSSR count). The first-order chi connectivity index (χ1) is 14.1. The zero-order valence-corrected chi connectivity index (χ0v) is 19.0. The largest absolute Gasteiger partial charge is 0.481 e. The molecule has 0 bridgehead atoms. The van der Waals surface area contributed by atoms with E-state index in [9.17, 15) is 20.1 Å². The van der Waals surface area contributed by atoms with Crippen molar-refractivity contribution >= 4 is 5.97 Å². The van der Waals surface area contributed by atoms with Gasteiger partial charge < -0.3 is 20.4 Å². The average Bonchev–Trinajstić information content (AvgIpc) is 3.02. The molecule has 0 radical (unpaired) electrons. The summed E-state index contributed by atoms with van der Waals surface area (Å²) in [6.45, 7) is 6.86. The van der Waals surface area contributed by atoms with Crippen LogP contribution >= 0.6 is 0 Å². The van der Waals surface area contributed by atoms with Crippen LogP contribution in [0.2, 0.25) is 0 Å². The second-order valence-corrected chi connectivity index (χ2v) is 11.8. The summed E-state index contributed by atoms with van der Waals surface area (Å²) in [4.78, 5) is 10.9. The van der Waals surface area contributed by atoms with E-state index in [0.29, 0.717) is 36.0 Å². The Bertz CT molecular complexity index is 651.